The number of carbonyl (C=O) groups excluding carboxylic acids is 3. The molecule has 8 unspecified atom stereocenters. The third kappa shape index (κ3) is 3.22. The normalized spacial score (nSPS) is 46.5. The van der Waals surface area contributed by atoms with E-state index in [2.05, 4.69) is 38.7 Å². The molecule has 1 amide bonds. The molecule has 5 rings (SSSR count). The van der Waals surface area contributed by atoms with Gasteiger partial charge < -0.3 is 9.64 Å². The molecular weight excluding hydrogens is 446 g/mol. The predicted molar refractivity (Wildman–Crippen MR) is 134 cm³/mol. The van der Waals surface area contributed by atoms with Gasteiger partial charge in [0.25, 0.3) is 0 Å². The average molecular weight is 488 g/mol. The molecule has 5 nitrogen and oxygen atoms in total. The smallest absolute Gasteiger partial charge is 0.302 e. The van der Waals surface area contributed by atoms with Gasteiger partial charge in [-0.05, 0) is 87.9 Å². The van der Waals surface area contributed by atoms with Crippen molar-refractivity contribution in [1.82, 2.24) is 4.90 Å². The van der Waals surface area contributed by atoms with Gasteiger partial charge in [0.2, 0.25) is 5.91 Å². The summed E-state index contributed by atoms with van der Waals surface area (Å²) in [5.74, 6) is 1.50. The van der Waals surface area contributed by atoms with Gasteiger partial charge in [0, 0.05) is 20.3 Å². The Hall–Kier alpha value is -1.30. The second-order valence-electron chi connectivity index (χ2n) is 12.9. The minimum atomic E-state index is -0.499. The summed E-state index contributed by atoms with van der Waals surface area (Å²) in [6, 6.07) is -0.0313. The average Bonchev–Trinajstić information content (AvgIpc) is 3.09. The fourth-order valence-electron chi connectivity index (χ4n) is 9.38. The lowest BCUT2D eigenvalue weighted by atomic mass is 9.47. The van der Waals surface area contributed by atoms with Crippen molar-refractivity contribution in [3.8, 4) is 0 Å². The zero-order chi connectivity index (χ0) is 24.8. The fraction of sp³-hybridized carbons (Fsp3) is 0.821. The van der Waals surface area contributed by atoms with Gasteiger partial charge in [-0.1, -0.05) is 25.5 Å². The second kappa shape index (κ2) is 7.60. The van der Waals surface area contributed by atoms with Crippen molar-refractivity contribution < 1.29 is 19.1 Å². The van der Waals surface area contributed by atoms with Crippen LogP contribution in [-0.4, -0.2) is 44.3 Å². The first-order valence-electron chi connectivity index (χ1n) is 13.1. The van der Waals surface area contributed by atoms with Crippen LogP contribution in [0.25, 0.3) is 0 Å². The molecule has 0 spiro atoms. The van der Waals surface area contributed by atoms with E-state index in [1.54, 1.807) is 25.6 Å². The van der Waals surface area contributed by atoms with Crippen LogP contribution in [0.15, 0.2) is 11.6 Å². The predicted octanol–water partition coefficient (Wildman–Crippen LogP) is 5.52. The number of fused-ring (bicyclic) bond motifs is 7. The topological polar surface area (TPSA) is 63.7 Å². The molecule has 34 heavy (non-hydrogen) atoms. The zero-order valence-electron chi connectivity index (χ0n) is 21.9. The number of allylic oxidation sites excluding steroid dienone is 1. The lowest BCUT2D eigenvalue weighted by Gasteiger charge is -2.58. The number of rotatable bonds is 2. The van der Waals surface area contributed by atoms with Crippen LogP contribution in [-0.2, 0) is 19.1 Å². The number of thioether (sulfide) groups is 1. The Kier molecular flexibility index (Phi) is 5.45. The first-order valence-corrected chi connectivity index (χ1v) is 13.9. The van der Waals surface area contributed by atoms with Gasteiger partial charge in [0.15, 0.2) is 0 Å². The van der Waals surface area contributed by atoms with Crippen molar-refractivity contribution in [2.45, 2.75) is 115 Å². The number of carbonyl (C=O) groups is 3. The Bertz CT molecular complexity index is 973. The van der Waals surface area contributed by atoms with E-state index in [1.165, 1.54) is 18.9 Å². The minimum Gasteiger partial charge on any atom is -0.462 e. The monoisotopic (exact) mass is 487 g/mol. The van der Waals surface area contributed by atoms with Gasteiger partial charge in [-0.15, -0.1) is 11.8 Å². The van der Waals surface area contributed by atoms with Crippen molar-refractivity contribution in [3.63, 3.8) is 0 Å². The molecule has 188 valence electrons. The van der Waals surface area contributed by atoms with Gasteiger partial charge in [-0.2, -0.15) is 0 Å². The summed E-state index contributed by atoms with van der Waals surface area (Å²) in [6.45, 7) is 14.0. The summed E-state index contributed by atoms with van der Waals surface area (Å²) in [6.07, 6.45) is 9.44. The number of esters is 1. The van der Waals surface area contributed by atoms with E-state index in [1.807, 2.05) is 0 Å². The molecule has 0 radical (unpaired) electrons. The van der Waals surface area contributed by atoms with Crippen molar-refractivity contribution in [2.75, 3.05) is 0 Å². The molecule has 3 saturated carbocycles. The highest BCUT2D eigenvalue weighted by molar-refractivity contribution is 8.03. The first-order chi connectivity index (χ1) is 15.8. The summed E-state index contributed by atoms with van der Waals surface area (Å²) in [5, 5.41) is 0. The van der Waals surface area contributed by atoms with Crippen molar-refractivity contribution in [2.24, 2.45) is 28.6 Å². The van der Waals surface area contributed by atoms with Crippen molar-refractivity contribution >= 4 is 29.4 Å². The maximum atomic E-state index is 13.4. The summed E-state index contributed by atoms with van der Waals surface area (Å²) in [7, 11) is 0. The molecule has 1 heterocycles. The van der Waals surface area contributed by atoms with Crippen LogP contribution in [0, 0.1) is 28.6 Å². The number of hydrogen-bond acceptors (Lipinski definition) is 5. The quantitative estimate of drug-likeness (QED) is 0.379. The summed E-state index contributed by atoms with van der Waals surface area (Å²) >= 11 is 1.75. The summed E-state index contributed by atoms with van der Waals surface area (Å²) < 4.78 is 5.10. The first kappa shape index (κ1) is 24.4. The van der Waals surface area contributed by atoms with Crippen LogP contribution in [0.1, 0.15) is 93.4 Å². The molecule has 5 aliphatic rings. The molecule has 0 aromatic carbocycles. The third-order valence-corrected chi connectivity index (χ3v) is 12.2. The molecule has 1 saturated heterocycles. The molecule has 0 N–H and O–H groups in total. The molecule has 0 bridgehead atoms. The molecule has 1 aliphatic heterocycles. The van der Waals surface area contributed by atoms with E-state index < -0.39 is 4.75 Å². The number of Topliss-reactive ketones (excluding diaryl/α,β-unsaturated/α-hetero) is 1. The number of nitrogens with zero attached hydrogens (tertiary/aromatic N) is 1. The number of hydrogen-bond donors (Lipinski definition) is 0. The maximum absolute atomic E-state index is 13.4. The zero-order valence-corrected chi connectivity index (χ0v) is 22.7. The van der Waals surface area contributed by atoms with Crippen LogP contribution < -0.4 is 0 Å². The molecule has 4 aliphatic carbocycles. The molecule has 8 atom stereocenters. The fourth-order valence-corrected chi connectivity index (χ4v) is 11.5. The Balaban J connectivity index is 1.55. The van der Waals surface area contributed by atoms with E-state index in [0.29, 0.717) is 17.8 Å². The molecular formula is C28H41NO4S. The summed E-state index contributed by atoms with van der Waals surface area (Å²) in [4.78, 5) is 39.7. The van der Waals surface area contributed by atoms with Crippen LogP contribution >= 0.6 is 11.8 Å². The lowest BCUT2D eigenvalue weighted by molar-refractivity contribution is -0.149. The third-order valence-electron chi connectivity index (χ3n) is 10.5. The number of ketones is 1. The van der Waals surface area contributed by atoms with Gasteiger partial charge in [0.1, 0.15) is 11.9 Å². The van der Waals surface area contributed by atoms with Crippen LogP contribution in [0.2, 0.25) is 0 Å². The Morgan fingerprint density at radius 2 is 1.76 bits per heavy atom. The van der Waals surface area contributed by atoms with E-state index in [-0.39, 0.29) is 45.5 Å². The van der Waals surface area contributed by atoms with E-state index >= 15 is 0 Å². The van der Waals surface area contributed by atoms with Crippen molar-refractivity contribution in [1.29, 1.82) is 0 Å². The van der Waals surface area contributed by atoms with Gasteiger partial charge in [-0.3, -0.25) is 14.4 Å². The Morgan fingerprint density at radius 3 is 2.38 bits per heavy atom. The Morgan fingerprint density at radius 1 is 1.06 bits per heavy atom. The highest BCUT2D eigenvalue weighted by Gasteiger charge is 2.73. The SMILES string of the molecule is CC(=O)OC1CCC2(C)C(=CCC3C4C5N(C(C)=O)C(C)(C)SC5(C(C)=O)CC4(C)CCC32)C1. The van der Waals surface area contributed by atoms with E-state index in [9.17, 15) is 14.4 Å². The van der Waals surface area contributed by atoms with Crippen LogP contribution in [0.3, 0.4) is 0 Å². The van der Waals surface area contributed by atoms with Crippen LogP contribution in [0.4, 0.5) is 0 Å². The number of ether oxygens (including phenoxy) is 1. The molecule has 0 aromatic heterocycles. The number of amides is 1. The van der Waals surface area contributed by atoms with Crippen LogP contribution in [0.5, 0.6) is 0 Å². The van der Waals surface area contributed by atoms with Gasteiger partial charge in [-0.25, -0.2) is 0 Å². The maximum Gasteiger partial charge on any atom is 0.302 e. The largest absolute Gasteiger partial charge is 0.462 e. The molecule has 6 heteroatoms. The van der Waals surface area contributed by atoms with Crippen molar-refractivity contribution in [3.05, 3.63) is 11.6 Å². The highest BCUT2D eigenvalue weighted by Crippen LogP contribution is 2.72. The minimum absolute atomic E-state index is 0.000639. The standard InChI is InChI=1S/C28H41NO4S/c1-16(30)28-15-26(6)12-11-22-21(23(26)24(28)29(17(2)31)25(4,5)34-28)9-8-19-14-20(33-18(3)32)10-13-27(19,22)7/h8,20-24H,9-15H2,1-7H3. The van der Waals surface area contributed by atoms with Gasteiger partial charge >= 0.3 is 5.97 Å². The summed E-state index contributed by atoms with van der Waals surface area (Å²) in [5.41, 5.74) is 1.66. The van der Waals surface area contributed by atoms with E-state index in [4.69, 9.17) is 4.74 Å². The van der Waals surface area contributed by atoms with Gasteiger partial charge in [0.05, 0.1) is 15.7 Å². The molecule has 0 aromatic rings. The van der Waals surface area contributed by atoms with E-state index in [0.717, 1.165) is 38.5 Å². The Labute approximate surface area is 208 Å². The highest BCUT2D eigenvalue weighted by atomic mass is 32.2. The lowest BCUT2D eigenvalue weighted by Crippen LogP contribution is -2.58. The molecule has 4 fully saturated rings. The second-order valence-corrected chi connectivity index (χ2v) is 14.8.